The lowest BCUT2D eigenvalue weighted by Crippen LogP contribution is -2.49. The molecule has 1 aliphatic rings. The number of carboxylic acids is 1. The van der Waals surface area contributed by atoms with Crippen LogP contribution in [0.15, 0.2) is 24.3 Å². The fourth-order valence-corrected chi connectivity index (χ4v) is 2.90. The molecule has 2 rings (SSSR count). The molecule has 1 aromatic rings. The molecule has 0 aliphatic carbocycles. The van der Waals surface area contributed by atoms with Crippen LogP contribution in [0.4, 0.5) is 4.39 Å². The molecule has 1 fully saturated rings. The van der Waals surface area contributed by atoms with E-state index in [1.807, 2.05) is 0 Å². The van der Waals surface area contributed by atoms with Crippen molar-refractivity contribution < 1.29 is 23.8 Å². The van der Waals surface area contributed by atoms with Crippen molar-refractivity contribution in [1.82, 2.24) is 4.90 Å². The SMILES string of the molecule is CC(Oc1ccccc1F)C(=O)N1CCCCC1CCC(=O)O. The summed E-state index contributed by atoms with van der Waals surface area (Å²) in [5.41, 5.74) is 0. The number of benzene rings is 1. The van der Waals surface area contributed by atoms with E-state index in [0.717, 1.165) is 19.3 Å². The Balaban J connectivity index is 2.01. The van der Waals surface area contributed by atoms with Gasteiger partial charge in [-0.05, 0) is 44.7 Å². The molecule has 2 unspecified atom stereocenters. The highest BCUT2D eigenvalue weighted by Gasteiger charge is 2.31. The van der Waals surface area contributed by atoms with E-state index in [-0.39, 0.29) is 24.1 Å². The molecule has 1 aromatic carbocycles. The number of rotatable bonds is 6. The van der Waals surface area contributed by atoms with Crippen LogP contribution in [0.25, 0.3) is 0 Å². The van der Waals surface area contributed by atoms with Crippen LogP contribution in [-0.4, -0.2) is 40.6 Å². The number of carbonyl (C=O) groups excluding carboxylic acids is 1. The lowest BCUT2D eigenvalue weighted by atomic mass is 9.97. The summed E-state index contributed by atoms with van der Waals surface area (Å²) in [7, 11) is 0. The zero-order valence-electron chi connectivity index (χ0n) is 13.2. The number of para-hydroxylation sites is 1. The first kappa shape index (κ1) is 17.2. The van der Waals surface area contributed by atoms with Crippen LogP contribution in [0, 0.1) is 5.82 Å². The topological polar surface area (TPSA) is 66.8 Å². The van der Waals surface area contributed by atoms with E-state index in [4.69, 9.17) is 9.84 Å². The Morgan fingerprint density at radius 1 is 1.39 bits per heavy atom. The molecule has 1 heterocycles. The highest BCUT2D eigenvalue weighted by Crippen LogP contribution is 2.23. The van der Waals surface area contributed by atoms with Crippen molar-refractivity contribution in [1.29, 1.82) is 0 Å². The minimum atomic E-state index is -0.862. The molecule has 126 valence electrons. The predicted molar refractivity (Wildman–Crippen MR) is 82.7 cm³/mol. The summed E-state index contributed by atoms with van der Waals surface area (Å²) >= 11 is 0. The Morgan fingerprint density at radius 3 is 2.83 bits per heavy atom. The standard InChI is InChI=1S/C17H22FNO4/c1-12(23-15-8-3-2-7-14(15)18)17(22)19-11-5-4-6-13(19)9-10-16(20)21/h2-3,7-8,12-13H,4-6,9-11H2,1H3,(H,20,21). The van der Waals surface area contributed by atoms with Crippen molar-refractivity contribution in [3.05, 3.63) is 30.1 Å². The number of hydrogen-bond acceptors (Lipinski definition) is 3. The highest BCUT2D eigenvalue weighted by atomic mass is 19.1. The molecule has 0 saturated carbocycles. The van der Waals surface area contributed by atoms with E-state index in [9.17, 15) is 14.0 Å². The second-order valence-corrected chi connectivity index (χ2v) is 5.80. The number of ether oxygens (including phenoxy) is 1. The van der Waals surface area contributed by atoms with Gasteiger partial charge in [0.25, 0.3) is 5.91 Å². The molecular formula is C17H22FNO4. The maximum atomic E-state index is 13.6. The second kappa shape index (κ2) is 7.94. The summed E-state index contributed by atoms with van der Waals surface area (Å²) in [6.45, 7) is 2.19. The molecule has 2 atom stereocenters. The first-order valence-electron chi connectivity index (χ1n) is 7.92. The van der Waals surface area contributed by atoms with E-state index < -0.39 is 17.9 Å². The van der Waals surface area contributed by atoms with Gasteiger partial charge in [0.05, 0.1) is 0 Å². The lowest BCUT2D eigenvalue weighted by Gasteiger charge is -2.37. The normalized spacial score (nSPS) is 19.2. The Bertz CT molecular complexity index is 563. The van der Waals surface area contributed by atoms with Gasteiger partial charge in [-0.15, -0.1) is 0 Å². The van der Waals surface area contributed by atoms with E-state index in [1.165, 1.54) is 12.1 Å². The number of aliphatic carboxylic acids is 1. The number of carbonyl (C=O) groups is 2. The van der Waals surface area contributed by atoms with Crippen LogP contribution in [0.1, 0.15) is 39.0 Å². The monoisotopic (exact) mass is 323 g/mol. The largest absolute Gasteiger partial charge is 0.481 e. The number of nitrogens with zero attached hydrogens (tertiary/aromatic N) is 1. The highest BCUT2D eigenvalue weighted by molar-refractivity contribution is 5.81. The van der Waals surface area contributed by atoms with E-state index in [0.29, 0.717) is 13.0 Å². The van der Waals surface area contributed by atoms with Gasteiger partial charge in [0.2, 0.25) is 0 Å². The van der Waals surface area contributed by atoms with Crippen LogP contribution < -0.4 is 4.74 Å². The van der Waals surface area contributed by atoms with E-state index >= 15 is 0 Å². The molecule has 0 aromatic heterocycles. The third kappa shape index (κ3) is 4.68. The van der Waals surface area contributed by atoms with Gasteiger partial charge in [-0.1, -0.05) is 12.1 Å². The van der Waals surface area contributed by atoms with Crippen molar-refractivity contribution in [2.75, 3.05) is 6.54 Å². The van der Waals surface area contributed by atoms with Crippen molar-refractivity contribution in [3.63, 3.8) is 0 Å². The summed E-state index contributed by atoms with van der Waals surface area (Å²) in [6.07, 6.45) is 2.34. The summed E-state index contributed by atoms with van der Waals surface area (Å²) in [6, 6.07) is 5.88. The van der Waals surface area contributed by atoms with Gasteiger partial charge in [-0.3, -0.25) is 9.59 Å². The molecule has 0 spiro atoms. The number of carboxylic acid groups (broad SMARTS) is 1. The third-order valence-corrected chi connectivity index (χ3v) is 4.09. The molecule has 1 amide bonds. The maximum absolute atomic E-state index is 13.6. The van der Waals surface area contributed by atoms with Gasteiger partial charge in [0, 0.05) is 19.0 Å². The van der Waals surface area contributed by atoms with Crippen molar-refractivity contribution >= 4 is 11.9 Å². The van der Waals surface area contributed by atoms with E-state index in [1.54, 1.807) is 24.0 Å². The minimum Gasteiger partial charge on any atom is -0.481 e. The van der Waals surface area contributed by atoms with E-state index in [2.05, 4.69) is 0 Å². The number of halogens is 1. The number of amides is 1. The van der Waals surface area contributed by atoms with Crippen LogP contribution in [0.3, 0.4) is 0 Å². The van der Waals surface area contributed by atoms with Gasteiger partial charge in [0.15, 0.2) is 17.7 Å². The molecule has 23 heavy (non-hydrogen) atoms. The quantitative estimate of drug-likeness (QED) is 0.874. The average Bonchev–Trinajstić information content (AvgIpc) is 2.54. The predicted octanol–water partition coefficient (Wildman–Crippen LogP) is 2.84. The molecule has 0 bridgehead atoms. The van der Waals surface area contributed by atoms with Crippen LogP contribution in [-0.2, 0) is 9.59 Å². The molecule has 5 nitrogen and oxygen atoms in total. The Kier molecular flexibility index (Phi) is 5.96. The molecule has 6 heteroatoms. The van der Waals surface area contributed by atoms with Crippen LogP contribution in [0.2, 0.25) is 0 Å². The summed E-state index contributed by atoms with van der Waals surface area (Å²) in [4.78, 5) is 25.1. The third-order valence-electron chi connectivity index (χ3n) is 4.09. The Labute approximate surface area is 135 Å². The molecule has 1 aliphatic heterocycles. The van der Waals surface area contributed by atoms with Crippen LogP contribution >= 0.6 is 0 Å². The first-order valence-corrected chi connectivity index (χ1v) is 7.92. The van der Waals surface area contributed by atoms with Crippen molar-refractivity contribution in [2.45, 2.75) is 51.2 Å². The van der Waals surface area contributed by atoms with Gasteiger partial charge >= 0.3 is 5.97 Å². The van der Waals surface area contributed by atoms with Gasteiger partial charge < -0.3 is 14.7 Å². The Morgan fingerprint density at radius 2 is 2.13 bits per heavy atom. The first-order chi connectivity index (χ1) is 11.0. The fourth-order valence-electron chi connectivity index (χ4n) is 2.90. The number of piperidine rings is 1. The van der Waals surface area contributed by atoms with Crippen LogP contribution in [0.5, 0.6) is 5.75 Å². The number of hydrogen-bond donors (Lipinski definition) is 1. The molecule has 1 saturated heterocycles. The second-order valence-electron chi connectivity index (χ2n) is 5.80. The van der Waals surface area contributed by atoms with Crippen molar-refractivity contribution in [3.8, 4) is 5.75 Å². The molecule has 0 radical (unpaired) electrons. The molecule has 1 N–H and O–H groups in total. The average molecular weight is 323 g/mol. The summed E-state index contributed by atoms with van der Waals surface area (Å²) in [5, 5.41) is 8.83. The zero-order valence-corrected chi connectivity index (χ0v) is 13.2. The fraction of sp³-hybridized carbons (Fsp3) is 0.529. The van der Waals surface area contributed by atoms with Crippen molar-refractivity contribution in [2.24, 2.45) is 0 Å². The van der Waals surface area contributed by atoms with Gasteiger partial charge in [-0.2, -0.15) is 0 Å². The maximum Gasteiger partial charge on any atom is 0.303 e. The lowest BCUT2D eigenvalue weighted by molar-refractivity contribution is -0.144. The summed E-state index contributed by atoms with van der Waals surface area (Å²) < 4.78 is 19.1. The molecular weight excluding hydrogens is 301 g/mol. The zero-order chi connectivity index (χ0) is 16.8. The number of likely N-dealkylation sites (tertiary alicyclic amines) is 1. The smallest absolute Gasteiger partial charge is 0.303 e. The Hall–Kier alpha value is -2.11. The summed E-state index contributed by atoms with van der Waals surface area (Å²) in [5.74, 6) is -1.54. The van der Waals surface area contributed by atoms with Gasteiger partial charge in [-0.25, -0.2) is 4.39 Å². The minimum absolute atomic E-state index is 0.0387. The van der Waals surface area contributed by atoms with Gasteiger partial charge in [0.1, 0.15) is 0 Å².